The third kappa shape index (κ3) is 1.69. The van der Waals surface area contributed by atoms with E-state index in [2.05, 4.69) is 10.1 Å². The van der Waals surface area contributed by atoms with Gasteiger partial charge in [0.15, 0.2) is 5.65 Å². The fourth-order valence-electron chi connectivity index (χ4n) is 1.96. The van der Waals surface area contributed by atoms with Crippen LogP contribution < -0.4 is 5.73 Å². The molecule has 0 unspecified atom stereocenters. The number of halogens is 1. The van der Waals surface area contributed by atoms with Gasteiger partial charge in [0.2, 0.25) is 0 Å². The molecule has 0 aliphatic rings. The molecule has 0 aliphatic carbocycles. The van der Waals surface area contributed by atoms with E-state index in [0.29, 0.717) is 11.5 Å². The Morgan fingerprint density at radius 2 is 2.06 bits per heavy atom. The minimum atomic E-state index is -0.292. The number of rotatable bonds is 1. The maximum Gasteiger partial charge on any atom is 0.158 e. The minimum absolute atomic E-state index is 0.292. The highest BCUT2D eigenvalue weighted by atomic mass is 19.1. The zero-order valence-electron chi connectivity index (χ0n) is 9.76. The number of benzene rings is 1. The van der Waals surface area contributed by atoms with Crippen molar-refractivity contribution in [1.82, 2.24) is 14.6 Å². The van der Waals surface area contributed by atoms with Crippen molar-refractivity contribution < 1.29 is 4.39 Å². The molecule has 0 fully saturated rings. The van der Waals surface area contributed by atoms with Crippen LogP contribution in [-0.4, -0.2) is 14.6 Å². The normalized spacial score (nSPS) is 11.0. The van der Waals surface area contributed by atoms with E-state index in [-0.39, 0.29) is 5.82 Å². The first-order valence-corrected chi connectivity index (χ1v) is 5.52. The summed E-state index contributed by atoms with van der Waals surface area (Å²) in [5.41, 5.74) is 8.71. The minimum Gasteiger partial charge on any atom is -0.384 e. The highest BCUT2D eigenvalue weighted by molar-refractivity contribution is 5.66. The predicted octanol–water partition coefficient (Wildman–Crippen LogP) is 2.43. The van der Waals surface area contributed by atoms with Crippen LogP contribution in [-0.2, 0) is 0 Å². The quantitative estimate of drug-likeness (QED) is 0.713. The lowest BCUT2D eigenvalue weighted by molar-refractivity contribution is 0.628. The molecule has 5 heteroatoms. The van der Waals surface area contributed by atoms with E-state index < -0.39 is 0 Å². The van der Waals surface area contributed by atoms with Crippen molar-refractivity contribution in [3.8, 4) is 11.3 Å². The van der Waals surface area contributed by atoms with Crippen molar-refractivity contribution in [2.75, 3.05) is 5.73 Å². The van der Waals surface area contributed by atoms with Crippen LogP contribution in [0.1, 0.15) is 5.69 Å². The standard InChI is InChI=1S/C13H11FN4/c1-8-5-13-16-12(15)7-11(18(13)17-8)9-3-2-4-10(14)6-9/h2-7H,1H3,(H2,15,16). The highest BCUT2D eigenvalue weighted by Crippen LogP contribution is 2.22. The largest absolute Gasteiger partial charge is 0.384 e. The molecule has 0 saturated carbocycles. The second-order valence-electron chi connectivity index (χ2n) is 4.13. The molecule has 0 atom stereocenters. The molecule has 0 amide bonds. The number of fused-ring (bicyclic) bond motifs is 1. The molecule has 0 spiro atoms. The van der Waals surface area contributed by atoms with Crippen LogP contribution in [0.15, 0.2) is 36.4 Å². The third-order valence-corrected chi connectivity index (χ3v) is 2.69. The molecular weight excluding hydrogens is 231 g/mol. The number of aromatic nitrogens is 3. The molecular formula is C13H11FN4. The Morgan fingerprint density at radius 1 is 1.22 bits per heavy atom. The van der Waals surface area contributed by atoms with Crippen LogP contribution >= 0.6 is 0 Å². The van der Waals surface area contributed by atoms with Crippen LogP contribution in [0.4, 0.5) is 10.2 Å². The van der Waals surface area contributed by atoms with Crippen molar-refractivity contribution in [2.45, 2.75) is 6.92 Å². The van der Waals surface area contributed by atoms with Gasteiger partial charge < -0.3 is 5.73 Å². The molecule has 4 nitrogen and oxygen atoms in total. The van der Waals surface area contributed by atoms with E-state index in [9.17, 15) is 4.39 Å². The van der Waals surface area contributed by atoms with Crippen LogP contribution in [0, 0.1) is 12.7 Å². The SMILES string of the molecule is Cc1cc2nc(N)cc(-c3cccc(F)c3)n2n1. The number of aryl methyl sites for hydroxylation is 1. The first-order valence-electron chi connectivity index (χ1n) is 5.52. The van der Waals surface area contributed by atoms with Crippen molar-refractivity contribution in [2.24, 2.45) is 0 Å². The fraction of sp³-hybridized carbons (Fsp3) is 0.0769. The van der Waals surface area contributed by atoms with Gasteiger partial charge in [-0.15, -0.1) is 0 Å². The zero-order valence-corrected chi connectivity index (χ0v) is 9.76. The molecule has 0 saturated heterocycles. The molecule has 0 aliphatic heterocycles. The van der Waals surface area contributed by atoms with Gasteiger partial charge in [-0.05, 0) is 19.1 Å². The number of anilines is 1. The summed E-state index contributed by atoms with van der Waals surface area (Å²) in [6, 6.07) is 9.84. The Morgan fingerprint density at radius 3 is 2.83 bits per heavy atom. The summed E-state index contributed by atoms with van der Waals surface area (Å²) in [6.45, 7) is 1.88. The monoisotopic (exact) mass is 242 g/mol. The van der Waals surface area contributed by atoms with E-state index in [1.54, 1.807) is 16.6 Å². The van der Waals surface area contributed by atoms with Crippen molar-refractivity contribution >= 4 is 11.5 Å². The molecule has 0 radical (unpaired) electrons. The van der Waals surface area contributed by atoms with Crippen LogP contribution in [0.25, 0.3) is 16.9 Å². The van der Waals surface area contributed by atoms with Crippen molar-refractivity contribution in [3.63, 3.8) is 0 Å². The maximum atomic E-state index is 13.3. The molecule has 3 rings (SSSR count). The summed E-state index contributed by atoms with van der Waals surface area (Å²) in [5.74, 6) is 0.0987. The highest BCUT2D eigenvalue weighted by Gasteiger charge is 2.09. The lowest BCUT2D eigenvalue weighted by atomic mass is 10.1. The van der Waals surface area contributed by atoms with Gasteiger partial charge in [0, 0.05) is 17.7 Å². The third-order valence-electron chi connectivity index (χ3n) is 2.69. The summed E-state index contributed by atoms with van der Waals surface area (Å²) in [7, 11) is 0. The first-order chi connectivity index (χ1) is 8.63. The summed E-state index contributed by atoms with van der Waals surface area (Å²) in [6.07, 6.45) is 0. The number of nitrogen functional groups attached to an aromatic ring is 1. The molecule has 18 heavy (non-hydrogen) atoms. The summed E-state index contributed by atoms with van der Waals surface area (Å²) < 4.78 is 14.9. The number of hydrogen-bond donors (Lipinski definition) is 1. The molecule has 90 valence electrons. The molecule has 0 bridgehead atoms. The fourth-order valence-corrected chi connectivity index (χ4v) is 1.96. The zero-order chi connectivity index (χ0) is 12.7. The molecule has 2 heterocycles. The topological polar surface area (TPSA) is 56.2 Å². The lowest BCUT2D eigenvalue weighted by Gasteiger charge is -2.06. The van der Waals surface area contributed by atoms with Crippen molar-refractivity contribution in [3.05, 3.63) is 47.9 Å². The summed E-state index contributed by atoms with van der Waals surface area (Å²) >= 11 is 0. The van der Waals surface area contributed by atoms with Crippen LogP contribution in [0.3, 0.4) is 0 Å². The Bertz CT molecular complexity index is 733. The van der Waals surface area contributed by atoms with Gasteiger partial charge in [-0.25, -0.2) is 13.9 Å². The number of nitrogens with zero attached hydrogens (tertiary/aromatic N) is 3. The van der Waals surface area contributed by atoms with Crippen molar-refractivity contribution in [1.29, 1.82) is 0 Å². The lowest BCUT2D eigenvalue weighted by Crippen LogP contribution is -2.00. The van der Waals surface area contributed by atoms with Gasteiger partial charge >= 0.3 is 0 Å². The van der Waals surface area contributed by atoms with Gasteiger partial charge in [-0.2, -0.15) is 5.10 Å². The Balaban J connectivity index is 2.34. The van der Waals surface area contributed by atoms with Crippen LogP contribution in [0.2, 0.25) is 0 Å². The maximum absolute atomic E-state index is 13.3. The van der Waals surface area contributed by atoms with Gasteiger partial charge in [0.05, 0.1) is 11.4 Å². The molecule has 3 aromatic rings. The average Bonchev–Trinajstić information content (AvgIpc) is 2.68. The Labute approximate surface area is 103 Å². The molecule has 2 N–H and O–H groups in total. The van der Waals surface area contributed by atoms with Gasteiger partial charge in [0.25, 0.3) is 0 Å². The van der Waals surface area contributed by atoms with E-state index in [1.807, 2.05) is 19.1 Å². The van der Waals surface area contributed by atoms with Gasteiger partial charge in [-0.1, -0.05) is 12.1 Å². The second-order valence-corrected chi connectivity index (χ2v) is 4.13. The van der Waals surface area contributed by atoms with Crippen LogP contribution in [0.5, 0.6) is 0 Å². The van der Waals surface area contributed by atoms with E-state index >= 15 is 0 Å². The van der Waals surface area contributed by atoms with E-state index in [0.717, 1.165) is 17.0 Å². The second kappa shape index (κ2) is 3.80. The Kier molecular flexibility index (Phi) is 2.26. The average molecular weight is 242 g/mol. The smallest absolute Gasteiger partial charge is 0.158 e. The van der Waals surface area contributed by atoms with E-state index in [4.69, 9.17) is 5.73 Å². The Hall–Kier alpha value is -2.43. The van der Waals surface area contributed by atoms with Gasteiger partial charge in [-0.3, -0.25) is 0 Å². The molecule has 2 aromatic heterocycles. The number of nitrogens with two attached hydrogens (primary N) is 1. The molecule has 1 aromatic carbocycles. The number of hydrogen-bond acceptors (Lipinski definition) is 3. The predicted molar refractivity (Wildman–Crippen MR) is 67.5 cm³/mol. The summed E-state index contributed by atoms with van der Waals surface area (Å²) in [4.78, 5) is 4.19. The summed E-state index contributed by atoms with van der Waals surface area (Å²) in [5, 5.41) is 4.34. The first kappa shape index (κ1) is 10.7. The van der Waals surface area contributed by atoms with E-state index in [1.165, 1.54) is 12.1 Å². The van der Waals surface area contributed by atoms with Gasteiger partial charge in [0.1, 0.15) is 11.6 Å².